The van der Waals surface area contributed by atoms with Crippen LogP contribution in [0.3, 0.4) is 0 Å². The van der Waals surface area contributed by atoms with Crippen LogP contribution in [0.15, 0.2) is 0 Å². The van der Waals surface area contributed by atoms with Gasteiger partial charge in [0.2, 0.25) is 0 Å². The zero-order valence-corrected chi connectivity index (χ0v) is 11.9. The Hall–Kier alpha value is -0.660. The molecule has 0 spiro atoms. The third-order valence-electron chi connectivity index (χ3n) is 1.88. The standard InChI is InChI=1S/C9H13ClN2O3S2/c1-3-17(14)5-4-11-9-12-7(10)6(16-9)8(13)15-2/h3-5H2,1-2H3,(H,11,12). The molecule has 0 saturated carbocycles. The Labute approximate surface area is 111 Å². The lowest BCUT2D eigenvalue weighted by Gasteiger charge is -2.00. The van der Waals surface area contributed by atoms with E-state index in [0.717, 1.165) is 11.3 Å². The van der Waals surface area contributed by atoms with Crippen molar-refractivity contribution in [1.29, 1.82) is 0 Å². The highest BCUT2D eigenvalue weighted by molar-refractivity contribution is 7.84. The first kappa shape index (κ1) is 14.4. The molecular formula is C9H13ClN2O3S2. The molecule has 0 aromatic carbocycles. The number of carbonyl (C=O) groups is 1. The van der Waals surface area contributed by atoms with Gasteiger partial charge in [0.05, 0.1) is 7.11 Å². The van der Waals surface area contributed by atoms with Crippen molar-refractivity contribution in [2.24, 2.45) is 0 Å². The summed E-state index contributed by atoms with van der Waals surface area (Å²) < 4.78 is 15.7. The van der Waals surface area contributed by atoms with Crippen LogP contribution < -0.4 is 5.32 Å². The van der Waals surface area contributed by atoms with Crippen LogP contribution in [-0.2, 0) is 15.5 Å². The molecule has 0 aliphatic carbocycles. The molecule has 0 radical (unpaired) electrons. The molecule has 5 nitrogen and oxygen atoms in total. The number of hydrogen-bond donors (Lipinski definition) is 1. The van der Waals surface area contributed by atoms with Gasteiger partial charge < -0.3 is 10.1 Å². The monoisotopic (exact) mass is 296 g/mol. The van der Waals surface area contributed by atoms with Gasteiger partial charge in [-0.25, -0.2) is 9.78 Å². The van der Waals surface area contributed by atoms with Gasteiger partial charge in [-0.3, -0.25) is 4.21 Å². The quantitative estimate of drug-likeness (QED) is 0.810. The van der Waals surface area contributed by atoms with Crippen LogP contribution in [0.4, 0.5) is 5.13 Å². The van der Waals surface area contributed by atoms with E-state index >= 15 is 0 Å². The second-order valence-corrected chi connectivity index (χ2v) is 6.21. The molecule has 1 aromatic rings. The van der Waals surface area contributed by atoms with E-state index < -0.39 is 16.8 Å². The smallest absolute Gasteiger partial charge is 0.351 e. The van der Waals surface area contributed by atoms with E-state index in [0.29, 0.717) is 23.2 Å². The van der Waals surface area contributed by atoms with E-state index in [2.05, 4.69) is 15.0 Å². The average Bonchev–Trinajstić information content (AvgIpc) is 2.69. The number of halogens is 1. The highest BCUT2D eigenvalue weighted by atomic mass is 35.5. The third-order valence-corrected chi connectivity index (χ3v) is 4.57. The third kappa shape index (κ3) is 4.25. The SMILES string of the molecule is CCS(=O)CCNc1nc(Cl)c(C(=O)OC)s1. The molecule has 0 fully saturated rings. The number of hydrogen-bond acceptors (Lipinski definition) is 6. The Morgan fingerprint density at radius 3 is 2.94 bits per heavy atom. The molecule has 1 aromatic heterocycles. The van der Waals surface area contributed by atoms with Crippen LogP contribution >= 0.6 is 22.9 Å². The number of nitrogens with zero attached hydrogens (tertiary/aromatic N) is 1. The summed E-state index contributed by atoms with van der Waals surface area (Å²) in [5.74, 6) is 0.673. The molecule has 0 bridgehead atoms. The van der Waals surface area contributed by atoms with E-state index in [1.807, 2.05) is 6.92 Å². The molecule has 0 saturated heterocycles. The van der Waals surface area contributed by atoms with Crippen LogP contribution in [0.5, 0.6) is 0 Å². The lowest BCUT2D eigenvalue weighted by atomic mass is 10.6. The van der Waals surface area contributed by atoms with Crippen molar-refractivity contribution in [3.63, 3.8) is 0 Å². The van der Waals surface area contributed by atoms with Crippen LogP contribution in [-0.4, -0.2) is 40.3 Å². The number of ether oxygens (including phenoxy) is 1. The number of nitrogens with one attached hydrogen (secondary N) is 1. The first-order valence-corrected chi connectivity index (χ1v) is 7.60. The molecule has 17 heavy (non-hydrogen) atoms. The number of methoxy groups -OCH3 is 1. The van der Waals surface area contributed by atoms with Crippen molar-refractivity contribution in [3.05, 3.63) is 10.0 Å². The molecule has 0 amide bonds. The van der Waals surface area contributed by atoms with Gasteiger partial charge >= 0.3 is 5.97 Å². The van der Waals surface area contributed by atoms with Gasteiger partial charge in [0.1, 0.15) is 0 Å². The summed E-state index contributed by atoms with van der Waals surface area (Å²) in [5, 5.41) is 3.63. The summed E-state index contributed by atoms with van der Waals surface area (Å²) in [6.07, 6.45) is 0. The van der Waals surface area contributed by atoms with Crippen LogP contribution in [0, 0.1) is 0 Å². The van der Waals surface area contributed by atoms with Gasteiger partial charge in [0.25, 0.3) is 0 Å². The molecule has 0 aliphatic heterocycles. The minimum atomic E-state index is -0.820. The van der Waals surface area contributed by atoms with Gasteiger partial charge in [-0.05, 0) is 0 Å². The fraction of sp³-hybridized carbons (Fsp3) is 0.556. The van der Waals surface area contributed by atoms with E-state index in [4.69, 9.17) is 11.6 Å². The number of carbonyl (C=O) groups excluding carboxylic acids is 1. The van der Waals surface area contributed by atoms with Crippen molar-refractivity contribution in [1.82, 2.24) is 4.98 Å². The molecular weight excluding hydrogens is 284 g/mol. The predicted molar refractivity (Wildman–Crippen MR) is 70.5 cm³/mol. The van der Waals surface area contributed by atoms with Gasteiger partial charge in [-0.1, -0.05) is 29.9 Å². The van der Waals surface area contributed by atoms with Crippen molar-refractivity contribution >= 4 is 44.8 Å². The lowest BCUT2D eigenvalue weighted by Crippen LogP contribution is -2.11. The number of thiazole rings is 1. The van der Waals surface area contributed by atoms with Gasteiger partial charge in [-0.2, -0.15) is 0 Å². The molecule has 1 N–H and O–H groups in total. The predicted octanol–water partition coefficient (Wildman–Crippen LogP) is 1.76. The van der Waals surface area contributed by atoms with Crippen molar-refractivity contribution in [3.8, 4) is 0 Å². The Morgan fingerprint density at radius 2 is 2.35 bits per heavy atom. The molecule has 96 valence electrons. The van der Waals surface area contributed by atoms with E-state index in [9.17, 15) is 9.00 Å². The number of rotatable bonds is 6. The molecule has 1 heterocycles. The average molecular weight is 297 g/mol. The van der Waals surface area contributed by atoms with Crippen molar-refractivity contribution < 1.29 is 13.7 Å². The maximum absolute atomic E-state index is 11.3. The normalized spacial score (nSPS) is 12.2. The summed E-state index contributed by atoms with van der Waals surface area (Å²) in [5.41, 5.74) is 0. The van der Waals surface area contributed by atoms with Gasteiger partial charge in [-0.15, -0.1) is 0 Å². The highest BCUT2D eigenvalue weighted by Crippen LogP contribution is 2.27. The van der Waals surface area contributed by atoms with Crippen LogP contribution in [0.25, 0.3) is 0 Å². The van der Waals surface area contributed by atoms with Gasteiger partial charge in [0, 0.05) is 28.9 Å². The highest BCUT2D eigenvalue weighted by Gasteiger charge is 2.16. The Kier molecular flexibility index (Phi) is 5.87. The zero-order valence-electron chi connectivity index (χ0n) is 9.49. The summed E-state index contributed by atoms with van der Waals surface area (Å²) >= 11 is 6.91. The number of aromatic nitrogens is 1. The van der Waals surface area contributed by atoms with Crippen LogP contribution in [0.2, 0.25) is 5.15 Å². The minimum Gasteiger partial charge on any atom is -0.465 e. The first-order chi connectivity index (χ1) is 8.08. The molecule has 1 atom stereocenters. The number of esters is 1. The Balaban J connectivity index is 2.56. The summed E-state index contributed by atoms with van der Waals surface area (Å²) in [6.45, 7) is 2.40. The second-order valence-electron chi connectivity index (χ2n) is 2.99. The largest absolute Gasteiger partial charge is 0.465 e. The summed E-state index contributed by atoms with van der Waals surface area (Å²) in [4.78, 5) is 15.5. The minimum absolute atomic E-state index is 0.126. The van der Waals surface area contributed by atoms with Gasteiger partial charge in [0.15, 0.2) is 15.2 Å². The fourth-order valence-corrected chi connectivity index (χ4v) is 2.76. The van der Waals surface area contributed by atoms with Crippen LogP contribution in [0.1, 0.15) is 16.6 Å². The molecule has 8 heteroatoms. The molecule has 1 unspecified atom stereocenters. The molecule has 0 aliphatic rings. The Morgan fingerprint density at radius 1 is 1.65 bits per heavy atom. The van der Waals surface area contributed by atoms with Crippen molar-refractivity contribution in [2.75, 3.05) is 30.5 Å². The molecule has 1 rings (SSSR count). The van der Waals surface area contributed by atoms with E-state index in [-0.39, 0.29) is 10.0 Å². The number of anilines is 1. The summed E-state index contributed by atoms with van der Waals surface area (Å²) in [6, 6.07) is 0. The lowest BCUT2D eigenvalue weighted by molar-refractivity contribution is 0.0606. The summed E-state index contributed by atoms with van der Waals surface area (Å²) in [7, 11) is 0.468. The first-order valence-electron chi connectivity index (χ1n) is 4.92. The maximum Gasteiger partial charge on any atom is 0.351 e. The maximum atomic E-state index is 11.3. The van der Waals surface area contributed by atoms with Crippen molar-refractivity contribution in [2.45, 2.75) is 6.92 Å². The second kappa shape index (κ2) is 6.93. The fourth-order valence-electron chi connectivity index (χ4n) is 1.01. The Bertz CT molecular complexity index is 422. The topological polar surface area (TPSA) is 68.3 Å². The zero-order chi connectivity index (χ0) is 12.8. The van der Waals surface area contributed by atoms with E-state index in [1.165, 1.54) is 7.11 Å². The van der Waals surface area contributed by atoms with E-state index in [1.54, 1.807) is 0 Å².